The molecule has 112 valence electrons. The van der Waals surface area contributed by atoms with Crippen LogP contribution in [0.5, 0.6) is 0 Å². The lowest BCUT2D eigenvalue weighted by atomic mass is 9.81. The topological polar surface area (TPSA) is 29.0 Å². The summed E-state index contributed by atoms with van der Waals surface area (Å²) in [6.45, 7) is 2.37. The van der Waals surface area contributed by atoms with E-state index < -0.39 is 0 Å². The Balaban J connectivity index is 1.88. The maximum Gasteiger partial charge on any atom is 0.139 e. The maximum absolute atomic E-state index is 4.83. The molecule has 1 aliphatic rings. The lowest BCUT2D eigenvalue weighted by Crippen LogP contribution is -2.17. The third-order valence-corrected chi connectivity index (χ3v) is 4.66. The Hall–Kier alpha value is -1.64. The van der Waals surface area contributed by atoms with E-state index >= 15 is 0 Å². The Morgan fingerprint density at radius 2 is 1.76 bits per heavy atom. The highest BCUT2D eigenvalue weighted by atomic mass is 15.1. The maximum atomic E-state index is 4.83. The van der Waals surface area contributed by atoms with Gasteiger partial charge in [0, 0.05) is 25.9 Å². The second kappa shape index (κ2) is 6.00. The zero-order valence-corrected chi connectivity index (χ0v) is 13.3. The summed E-state index contributed by atoms with van der Waals surface area (Å²) in [6, 6.07) is 8.31. The van der Waals surface area contributed by atoms with Crippen molar-refractivity contribution in [1.82, 2.24) is 9.97 Å². The Morgan fingerprint density at radius 1 is 1.05 bits per heavy atom. The quantitative estimate of drug-likeness (QED) is 0.850. The van der Waals surface area contributed by atoms with Crippen molar-refractivity contribution >= 4 is 16.7 Å². The molecule has 0 atom stereocenters. The first kappa shape index (κ1) is 14.3. The molecular formula is C18H25N3. The summed E-state index contributed by atoms with van der Waals surface area (Å²) in [4.78, 5) is 11.7. The summed E-state index contributed by atoms with van der Waals surface area (Å²) >= 11 is 0. The first-order valence-electron chi connectivity index (χ1n) is 8.06. The molecule has 0 amide bonds. The van der Waals surface area contributed by atoms with Crippen LogP contribution in [0.2, 0.25) is 0 Å². The molecule has 3 nitrogen and oxygen atoms in total. The van der Waals surface area contributed by atoms with Crippen molar-refractivity contribution in [2.75, 3.05) is 19.0 Å². The van der Waals surface area contributed by atoms with Gasteiger partial charge < -0.3 is 4.90 Å². The molecule has 2 aromatic rings. The van der Waals surface area contributed by atoms with E-state index in [9.17, 15) is 0 Å². The van der Waals surface area contributed by atoms with Crippen LogP contribution in [0, 0.1) is 11.8 Å². The van der Waals surface area contributed by atoms with Crippen LogP contribution in [0.3, 0.4) is 0 Å². The van der Waals surface area contributed by atoms with Crippen LogP contribution in [0.25, 0.3) is 10.9 Å². The Kier molecular flexibility index (Phi) is 4.09. The number of para-hydroxylation sites is 1. The zero-order chi connectivity index (χ0) is 14.8. The van der Waals surface area contributed by atoms with E-state index in [0.29, 0.717) is 0 Å². The van der Waals surface area contributed by atoms with Crippen LogP contribution in [-0.4, -0.2) is 24.1 Å². The van der Waals surface area contributed by atoms with Crippen LogP contribution in [-0.2, 0) is 6.42 Å². The molecule has 0 N–H and O–H groups in total. The third kappa shape index (κ3) is 3.17. The summed E-state index contributed by atoms with van der Waals surface area (Å²) < 4.78 is 0. The van der Waals surface area contributed by atoms with E-state index in [1.165, 1.54) is 25.7 Å². The fourth-order valence-electron chi connectivity index (χ4n) is 3.33. The summed E-state index contributed by atoms with van der Waals surface area (Å²) in [5, 5.41) is 1.14. The van der Waals surface area contributed by atoms with Crippen molar-refractivity contribution in [2.45, 2.75) is 39.0 Å². The molecule has 3 rings (SSSR count). The van der Waals surface area contributed by atoms with E-state index in [1.807, 2.05) is 0 Å². The van der Waals surface area contributed by atoms with Gasteiger partial charge >= 0.3 is 0 Å². The predicted octanol–water partition coefficient (Wildman–Crippen LogP) is 4.06. The zero-order valence-electron chi connectivity index (χ0n) is 13.3. The van der Waals surface area contributed by atoms with E-state index in [4.69, 9.17) is 9.97 Å². The van der Waals surface area contributed by atoms with Gasteiger partial charge in [-0.1, -0.05) is 31.9 Å². The van der Waals surface area contributed by atoms with Crippen LogP contribution >= 0.6 is 0 Å². The molecule has 1 aromatic heterocycles. The van der Waals surface area contributed by atoms with E-state index in [-0.39, 0.29) is 0 Å². The molecule has 0 saturated heterocycles. The van der Waals surface area contributed by atoms with Crippen LogP contribution in [0.1, 0.15) is 38.4 Å². The SMILES string of the molecule is CC1CCC(Cc2nc(N(C)C)c3ccccc3n2)CC1. The summed E-state index contributed by atoms with van der Waals surface area (Å²) in [5.74, 6) is 3.71. The molecule has 1 saturated carbocycles. The van der Waals surface area contributed by atoms with Crippen LogP contribution < -0.4 is 4.90 Å². The third-order valence-electron chi connectivity index (χ3n) is 4.66. The van der Waals surface area contributed by atoms with Crippen molar-refractivity contribution in [2.24, 2.45) is 11.8 Å². The molecular weight excluding hydrogens is 258 g/mol. The normalized spacial score (nSPS) is 22.4. The number of rotatable bonds is 3. The molecule has 1 aliphatic carbocycles. The van der Waals surface area contributed by atoms with E-state index in [1.54, 1.807) is 0 Å². The minimum atomic E-state index is 0.761. The van der Waals surface area contributed by atoms with E-state index in [2.05, 4.69) is 50.2 Å². The molecule has 0 spiro atoms. The van der Waals surface area contributed by atoms with Crippen LogP contribution in [0.15, 0.2) is 24.3 Å². The summed E-state index contributed by atoms with van der Waals surface area (Å²) in [7, 11) is 4.11. The largest absolute Gasteiger partial charge is 0.362 e. The summed E-state index contributed by atoms with van der Waals surface area (Å²) in [6.07, 6.45) is 6.40. The lowest BCUT2D eigenvalue weighted by Gasteiger charge is -2.26. The molecule has 0 bridgehead atoms. The number of anilines is 1. The Morgan fingerprint density at radius 3 is 2.48 bits per heavy atom. The fourth-order valence-corrected chi connectivity index (χ4v) is 3.33. The molecule has 1 fully saturated rings. The molecule has 0 aliphatic heterocycles. The standard InChI is InChI=1S/C18H25N3/c1-13-8-10-14(11-9-13)12-17-19-16-7-5-4-6-15(16)18(20-17)21(2)3/h4-7,13-14H,8-12H2,1-3H3. The Labute approximate surface area is 127 Å². The second-order valence-electron chi connectivity index (χ2n) is 6.71. The molecule has 1 heterocycles. The highest BCUT2D eigenvalue weighted by molar-refractivity contribution is 5.89. The highest BCUT2D eigenvalue weighted by Gasteiger charge is 2.20. The van der Waals surface area contributed by atoms with Gasteiger partial charge in [-0.25, -0.2) is 9.97 Å². The monoisotopic (exact) mass is 283 g/mol. The van der Waals surface area contributed by atoms with Gasteiger partial charge in [-0.15, -0.1) is 0 Å². The minimum Gasteiger partial charge on any atom is -0.362 e. The number of aromatic nitrogens is 2. The highest BCUT2D eigenvalue weighted by Crippen LogP contribution is 2.31. The fraction of sp³-hybridized carbons (Fsp3) is 0.556. The first-order chi connectivity index (χ1) is 10.1. The van der Waals surface area contributed by atoms with Gasteiger partial charge in [-0.2, -0.15) is 0 Å². The van der Waals surface area contributed by atoms with Crippen molar-refractivity contribution < 1.29 is 0 Å². The van der Waals surface area contributed by atoms with Gasteiger partial charge in [0.2, 0.25) is 0 Å². The molecule has 21 heavy (non-hydrogen) atoms. The average Bonchev–Trinajstić information content (AvgIpc) is 2.48. The predicted molar refractivity (Wildman–Crippen MR) is 88.7 cm³/mol. The molecule has 0 radical (unpaired) electrons. The number of hydrogen-bond donors (Lipinski definition) is 0. The van der Waals surface area contributed by atoms with Crippen molar-refractivity contribution in [3.05, 3.63) is 30.1 Å². The van der Waals surface area contributed by atoms with Crippen molar-refractivity contribution in [3.8, 4) is 0 Å². The van der Waals surface area contributed by atoms with Gasteiger partial charge in [0.05, 0.1) is 5.52 Å². The number of fused-ring (bicyclic) bond motifs is 1. The second-order valence-corrected chi connectivity index (χ2v) is 6.71. The molecule has 1 aromatic carbocycles. The van der Waals surface area contributed by atoms with Crippen molar-refractivity contribution in [3.63, 3.8) is 0 Å². The van der Waals surface area contributed by atoms with Gasteiger partial charge in [0.15, 0.2) is 0 Å². The number of benzene rings is 1. The van der Waals surface area contributed by atoms with Gasteiger partial charge in [-0.3, -0.25) is 0 Å². The lowest BCUT2D eigenvalue weighted by molar-refractivity contribution is 0.286. The first-order valence-corrected chi connectivity index (χ1v) is 8.06. The molecule has 3 heteroatoms. The number of hydrogen-bond acceptors (Lipinski definition) is 3. The summed E-state index contributed by atoms with van der Waals surface area (Å²) in [5.41, 5.74) is 1.07. The smallest absolute Gasteiger partial charge is 0.139 e. The molecule has 0 unspecified atom stereocenters. The van der Waals surface area contributed by atoms with E-state index in [0.717, 1.165) is 40.8 Å². The average molecular weight is 283 g/mol. The van der Waals surface area contributed by atoms with Gasteiger partial charge in [0.25, 0.3) is 0 Å². The minimum absolute atomic E-state index is 0.761. The van der Waals surface area contributed by atoms with Gasteiger partial charge in [-0.05, 0) is 36.8 Å². The van der Waals surface area contributed by atoms with Crippen LogP contribution in [0.4, 0.5) is 5.82 Å². The Bertz CT molecular complexity index is 613. The van der Waals surface area contributed by atoms with Gasteiger partial charge in [0.1, 0.15) is 11.6 Å². The number of nitrogens with zero attached hydrogens (tertiary/aromatic N) is 3. The van der Waals surface area contributed by atoms with Crippen molar-refractivity contribution in [1.29, 1.82) is 0 Å².